The smallest absolute Gasteiger partial charge is 0.195 e. The lowest BCUT2D eigenvalue weighted by Crippen LogP contribution is -2.14. The number of thiophene rings is 1. The van der Waals surface area contributed by atoms with Crippen molar-refractivity contribution in [1.29, 1.82) is 0 Å². The average Bonchev–Trinajstić information content (AvgIpc) is 3.25. The summed E-state index contributed by atoms with van der Waals surface area (Å²) in [4.78, 5) is 1.20. The standard InChI is InChI=1S/C13H15N3S2/c17-12-15-14-11(10-2-1-7-18-10)16(12)8-13(5-6-13)9-3-4-9/h1-2,7,9H,3-6,8H2,(H,15,17). The van der Waals surface area contributed by atoms with Crippen LogP contribution in [0.15, 0.2) is 17.5 Å². The highest BCUT2D eigenvalue weighted by molar-refractivity contribution is 7.71. The van der Waals surface area contributed by atoms with Crippen molar-refractivity contribution >= 4 is 23.6 Å². The van der Waals surface area contributed by atoms with E-state index in [1.54, 1.807) is 11.3 Å². The number of aromatic nitrogens is 3. The van der Waals surface area contributed by atoms with E-state index in [2.05, 4.69) is 32.3 Å². The fourth-order valence-corrected chi connectivity index (χ4v) is 3.84. The lowest BCUT2D eigenvalue weighted by Gasteiger charge is -2.15. The van der Waals surface area contributed by atoms with Crippen LogP contribution in [-0.2, 0) is 6.54 Å². The SMILES string of the molecule is S=c1[nH]nc(-c2cccs2)n1CC1(C2CC2)CC1. The molecule has 1 N–H and O–H groups in total. The summed E-state index contributed by atoms with van der Waals surface area (Å²) in [6, 6.07) is 4.18. The molecule has 2 aliphatic rings. The van der Waals surface area contributed by atoms with Gasteiger partial charge in [-0.1, -0.05) is 6.07 Å². The summed E-state index contributed by atoms with van der Waals surface area (Å²) >= 11 is 7.12. The van der Waals surface area contributed by atoms with E-state index in [1.165, 1.54) is 30.6 Å². The van der Waals surface area contributed by atoms with Gasteiger partial charge in [0.15, 0.2) is 10.6 Å². The largest absolute Gasteiger partial charge is 0.299 e. The molecule has 0 bridgehead atoms. The molecule has 3 nitrogen and oxygen atoms in total. The zero-order chi connectivity index (χ0) is 12.2. The van der Waals surface area contributed by atoms with E-state index in [0.29, 0.717) is 5.41 Å². The predicted octanol–water partition coefficient (Wildman–Crippen LogP) is 3.86. The maximum absolute atomic E-state index is 5.40. The molecular formula is C13H15N3S2. The van der Waals surface area contributed by atoms with Gasteiger partial charge in [-0.15, -0.1) is 11.3 Å². The molecule has 94 valence electrons. The number of nitrogens with zero attached hydrogens (tertiary/aromatic N) is 2. The Morgan fingerprint density at radius 2 is 2.33 bits per heavy atom. The summed E-state index contributed by atoms with van der Waals surface area (Å²) in [6.07, 6.45) is 5.57. The number of H-pyrrole nitrogens is 1. The van der Waals surface area contributed by atoms with Gasteiger partial charge >= 0.3 is 0 Å². The molecule has 2 fully saturated rings. The van der Waals surface area contributed by atoms with Crippen molar-refractivity contribution < 1.29 is 0 Å². The van der Waals surface area contributed by atoms with Crippen LogP contribution in [0.1, 0.15) is 25.7 Å². The van der Waals surface area contributed by atoms with Gasteiger partial charge in [-0.05, 0) is 60.7 Å². The first-order valence-corrected chi connectivity index (χ1v) is 7.76. The lowest BCUT2D eigenvalue weighted by atomic mass is 10.0. The van der Waals surface area contributed by atoms with Gasteiger partial charge in [0.1, 0.15) is 0 Å². The molecular weight excluding hydrogens is 262 g/mol. The molecule has 0 unspecified atom stereocenters. The molecule has 18 heavy (non-hydrogen) atoms. The Labute approximate surface area is 115 Å². The number of rotatable bonds is 4. The lowest BCUT2D eigenvalue weighted by molar-refractivity contribution is 0.369. The Bertz CT molecular complexity index is 615. The Hall–Kier alpha value is -0.940. The summed E-state index contributed by atoms with van der Waals surface area (Å²) in [5, 5.41) is 9.45. The molecule has 0 saturated heterocycles. The summed E-state index contributed by atoms with van der Waals surface area (Å²) < 4.78 is 2.98. The van der Waals surface area contributed by atoms with Gasteiger partial charge in [0.25, 0.3) is 0 Å². The molecule has 0 amide bonds. The summed E-state index contributed by atoms with van der Waals surface area (Å²) in [5.74, 6) is 1.97. The average molecular weight is 277 g/mol. The Kier molecular flexibility index (Phi) is 2.29. The maximum atomic E-state index is 5.40. The van der Waals surface area contributed by atoms with Crippen LogP contribution >= 0.6 is 23.6 Å². The second kappa shape index (κ2) is 3.78. The number of hydrogen-bond acceptors (Lipinski definition) is 3. The highest BCUT2D eigenvalue weighted by atomic mass is 32.1. The van der Waals surface area contributed by atoms with Gasteiger partial charge in [-0.25, -0.2) is 0 Å². The normalized spacial score (nSPS) is 21.1. The summed E-state index contributed by atoms with van der Waals surface area (Å²) in [6.45, 7) is 1.06. The number of nitrogens with one attached hydrogen (secondary N) is 1. The topological polar surface area (TPSA) is 33.6 Å². The monoisotopic (exact) mass is 277 g/mol. The van der Waals surface area contributed by atoms with E-state index in [4.69, 9.17) is 12.2 Å². The van der Waals surface area contributed by atoms with E-state index in [-0.39, 0.29) is 0 Å². The van der Waals surface area contributed by atoms with Gasteiger partial charge in [0.2, 0.25) is 0 Å². The minimum absolute atomic E-state index is 0.550. The van der Waals surface area contributed by atoms with Crippen LogP contribution in [-0.4, -0.2) is 14.8 Å². The van der Waals surface area contributed by atoms with Crippen LogP contribution in [0.4, 0.5) is 0 Å². The molecule has 0 atom stereocenters. The molecule has 2 aromatic rings. The molecule has 4 rings (SSSR count). The van der Waals surface area contributed by atoms with Gasteiger partial charge in [-0.3, -0.25) is 9.67 Å². The first-order valence-electron chi connectivity index (χ1n) is 6.48. The van der Waals surface area contributed by atoms with Crippen LogP contribution < -0.4 is 0 Å². The Morgan fingerprint density at radius 3 is 2.94 bits per heavy atom. The Balaban J connectivity index is 1.72. The zero-order valence-electron chi connectivity index (χ0n) is 10.1. The molecule has 0 aliphatic heterocycles. The van der Waals surface area contributed by atoms with Crippen molar-refractivity contribution in [3.8, 4) is 10.7 Å². The van der Waals surface area contributed by atoms with Crippen molar-refractivity contribution in [3.05, 3.63) is 22.3 Å². The second-order valence-corrected chi connectivity index (χ2v) is 6.89. The minimum Gasteiger partial charge on any atom is -0.299 e. The van der Waals surface area contributed by atoms with Crippen LogP contribution in [0.3, 0.4) is 0 Å². The highest BCUT2D eigenvalue weighted by Gasteiger charge is 2.54. The third-order valence-corrected chi connectivity index (χ3v) is 5.49. The van der Waals surface area contributed by atoms with Gasteiger partial charge in [0, 0.05) is 6.54 Å². The molecule has 0 spiro atoms. The fourth-order valence-electron chi connectivity index (χ4n) is 2.92. The van der Waals surface area contributed by atoms with Crippen LogP contribution in [0.5, 0.6) is 0 Å². The van der Waals surface area contributed by atoms with Crippen molar-refractivity contribution in [1.82, 2.24) is 14.8 Å². The van der Waals surface area contributed by atoms with E-state index in [0.717, 1.165) is 23.1 Å². The third kappa shape index (κ3) is 1.68. The second-order valence-electron chi connectivity index (χ2n) is 5.55. The quantitative estimate of drug-likeness (QED) is 0.861. The van der Waals surface area contributed by atoms with Crippen LogP contribution in [0, 0.1) is 16.1 Å². The molecule has 0 radical (unpaired) electrons. The van der Waals surface area contributed by atoms with E-state index in [1.807, 2.05) is 0 Å². The number of aromatic amines is 1. The van der Waals surface area contributed by atoms with Crippen molar-refractivity contribution in [2.75, 3.05) is 0 Å². The zero-order valence-corrected chi connectivity index (χ0v) is 11.7. The van der Waals surface area contributed by atoms with Gasteiger partial charge in [-0.2, -0.15) is 5.10 Å². The predicted molar refractivity (Wildman–Crippen MR) is 75.1 cm³/mol. The van der Waals surface area contributed by atoms with Gasteiger partial charge < -0.3 is 0 Å². The van der Waals surface area contributed by atoms with E-state index < -0.39 is 0 Å². The highest BCUT2D eigenvalue weighted by Crippen LogP contribution is 2.62. The van der Waals surface area contributed by atoms with E-state index in [9.17, 15) is 0 Å². The van der Waals surface area contributed by atoms with Crippen molar-refractivity contribution in [3.63, 3.8) is 0 Å². The van der Waals surface area contributed by atoms with Crippen LogP contribution in [0.2, 0.25) is 0 Å². The van der Waals surface area contributed by atoms with E-state index >= 15 is 0 Å². The summed E-state index contributed by atoms with van der Waals surface area (Å²) in [7, 11) is 0. The van der Waals surface area contributed by atoms with Crippen molar-refractivity contribution in [2.45, 2.75) is 32.2 Å². The Morgan fingerprint density at radius 1 is 1.50 bits per heavy atom. The maximum Gasteiger partial charge on any atom is 0.195 e. The first kappa shape index (κ1) is 10.9. The van der Waals surface area contributed by atoms with Gasteiger partial charge in [0.05, 0.1) is 4.88 Å². The molecule has 2 aliphatic carbocycles. The first-order chi connectivity index (χ1) is 8.78. The van der Waals surface area contributed by atoms with Crippen molar-refractivity contribution in [2.24, 2.45) is 11.3 Å². The number of hydrogen-bond donors (Lipinski definition) is 1. The minimum atomic E-state index is 0.550. The molecule has 2 saturated carbocycles. The molecule has 2 aromatic heterocycles. The molecule has 0 aromatic carbocycles. The third-order valence-electron chi connectivity index (χ3n) is 4.31. The molecule has 2 heterocycles. The fraction of sp³-hybridized carbons (Fsp3) is 0.538. The molecule has 5 heteroatoms. The summed E-state index contributed by atoms with van der Waals surface area (Å²) in [5.41, 5.74) is 0.550. The van der Waals surface area contributed by atoms with Crippen LogP contribution in [0.25, 0.3) is 10.7 Å².